The van der Waals surface area contributed by atoms with Gasteiger partial charge in [0.1, 0.15) is 0 Å². The van der Waals surface area contributed by atoms with E-state index in [4.69, 9.17) is 0 Å². The van der Waals surface area contributed by atoms with Crippen LogP contribution in [0.2, 0.25) is 0 Å². The number of carboxylic acid groups (broad SMARTS) is 1. The first-order valence-electron chi connectivity index (χ1n) is 14.1. The summed E-state index contributed by atoms with van der Waals surface area (Å²) in [7, 11) is 0. The summed E-state index contributed by atoms with van der Waals surface area (Å²) in [4.78, 5) is 12.8. The van der Waals surface area contributed by atoms with Crippen LogP contribution < -0.4 is 0 Å². The van der Waals surface area contributed by atoms with Gasteiger partial charge in [-0.2, -0.15) is 0 Å². The lowest BCUT2D eigenvalue weighted by molar-refractivity contribution is -0.225. The summed E-state index contributed by atoms with van der Waals surface area (Å²) < 4.78 is 0. The number of aliphatic hydroxyl groups excluding tert-OH is 2. The molecule has 5 aliphatic rings. The van der Waals surface area contributed by atoms with Gasteiger partial charge in [0.25, 0.3) is 0 Å². The largest absolute Gasteiger partial charge is 0.481 e. The van der Waals surface area contributed by atoms with E-state index in [2.05, 4.69) is 40.7 Å². The van der Waals surface area contributed by atoms with Crippen molar-refractivity contribution in [1.82, 2.24) is 0 Å². The first kappa shape index (κ1) is 25.7. The number of aliphatic hydroxyl groups is 3. The Hall–Kier alpha value is -0.910. The van der Waals surface area contributed by atoms with E-state index in [1.165, 1.54) is 5.57 Å². The Morgan fingerprint density at radius 2 is 1.66 bits per heavy atom. The molecule has 0 aromatic rings. The maximum absolute atomic E-state index is 12.8. The van der Waals surface area contributed by atoms with Gasteiger partial charge in [-0.05, 0) is 98.7 Å². The third-order valence-corrected chi connectivity index (χ3v) is 13.6. The van der Waals surface area contributed by atoms with E-state index >= 15 is 0 Å². The molecular formula is C30H48O5. The van der Waals surface area contributed by atoms with Gasteiger partial charge in [0.05, 0.1) is 23.7 Å². The van der Waals surface area contributed by atoms with E-state index in [9.17, 15) is 25.2 Å². The fourth-order valence-electron chi connectivity index (χ4n) is 10.9. The molecule has 5 rings (SSSR count). The van der Waals surface area contributed by atoms with Gasteiger partial charge in [-0.3, -0.25) is 4.79 Å². The van der Waals surface area contributed by atoms with Crippen LogP contribution in [0, 0.1) is 50.7 Å². The smallest absolute Gasteiger partial charge is 0.310 e. The molecule has 0 aliphatic heterocycles. The van der Waals surface area contributed by atoms with E-state index in [-0.39, 0.29) is 40.6 Å². The van der Waals surface area contributed by atoms with Crippen LogP contribution in [0.1, 0.15) is 99.3 Å². The van der Waals surface area contributed by atoms with Crippen molar-refractivity contribution in [2.24, 2.45) is 50.7 Å². The minimum absolute atomic E-state index is 0.0115. The molecule has 0 amide bonds. The Bertz CT molecular complexity index is 941. The highest BCUT2D eigenvalue weighted by Crippen LogP contribution is 2.76. The predicted molar refractivity (Wildman–Crippen MR) is 135 cm³/mol. The van der Waals surface area contributed by atoms with Gasteiger partial charge < -0.3 is 20.4 Å². The van der Waals surface area contributed by atoms with Crippen molar-refractivity contribution in [3.8, 4) is 0 Å². The number of fused-ring (bicyclic) bond motifs is 7. The van der Waals surface area contributed by atoms with Crippen molar-refractivity contribution in [1.29, 1.82) is 0 Å². The Kier molecular flexibility index (Phi) is 5.56. The molecule has 0 spiro atoms. The minimum Gasteiger partial charge on any atom is -0.481 e. The molecule has 11 atom stereocenters. The van der Waals surface area contributed by atoms with Gasteiger partial charge in [0.2, 0.25) is 0 Å². The summed E-state index contributed by atoms with van der Waals surface area (Å²) >= 11 is 0. The average Bonchev–Trinajstić information content (AvgIpc) is 2.79. The lowest BCUT2D eigenvalue weighted by atomic mass is 9.33. The Labute approximate surface area is 211 Å². The summed E-state index contributed by atoms with van der Waals surface area (Å²) in [6.07, 6.45) is 9.32. The number of carbonyl (C=O) groups is 1. The average molecular weight is 489 g/mol. The highest BCUT2D eigenvalue weighted by molar-refractivity contribution is 5.77. The Morgan fingerprint density at radius 1 is 0.971 bits per heavy atom. The monoisotopic (exact) mass is 488 g/mol. The molecular weight excluding hydrogens is 440 g/mol. The molecule has 1 unspecified atom stereocenters. The van der Waals surface area contributed by atoms with Gasteiger partial charge in [-0.15, -0.1) is 0 Å². The molecule has 5 heteroatoms. The van der Waals surface area contributed by atoms with Crippen molar-refractivity contribution in [3.05, 3.63) is 11.6 Å². The van der Waals surface area contributed by atoms with Gasteiger partial charge in [0, 0.05) is 11.3 Å². The van der Waals surface area contributed by atoms with E-state index < -0.39 is 28.5 Å². The van der Waals surface area contributed by atoms with E-state index in [0.29, 0.717) is 18.8 Å². The van der Waals surface area contributed by atoms with Crippen LogP contribution in [0.15, 0.2) is 11.6 Å². The van der Waals surface area contributed by atoms with Gasteiger partial charge >= 0.3 is 5.97 Å². The first-order chi connectivity index (χ1) is 16.1. The van der Waals surface area contributed by atoms with Crippen LogP contribution in [0.5, 0.6) is 0 Å². The highest BCUT2D eigenvalue weighted by Gasteiger charge is 2.71. The Morgan fingerprint density at radius 3 is 2.29 bits per heavy atom. The number of hydrogen-bond donors (Lipinski definition) is 4. The van der Waals surface area contributed by atoms with Gasteiger partial charge in [-0.1, -0.05) is 46.3 Å². The molecule has 0 saturated heterocycles. The third-order valence-electron chi connectivity index (χ3n) is 13.6. The molecule has 4 fully saturated rings. The molecule has 0 radical (unpaired) electrons. The summed E-state index contributed by atoms with van der Waals surface area (Å²) in [6, 6.07) is 0. The maximum Gasteiger partial charge on any atom is 0.310 e. The lowest BCUT2D eigenvalue weighted by Gasteiger charge is -2.71. The minimum atomic E-state index is -1.04. The van der Waals surface area contributed by atoms with Crippen LogP contribution in [-0.4, -0.2) is 44.7 Å². The predicted octanol–water partition coefficient (Wildman–Crippen LogP) is 5.18. The Balaban J connectivity index is 1.64. The summed E-state index contributed by atoms with van der Waals surface area (Å²) in [5.74, 6) is -0.356. The molecule has 5 aliphatic carbocycles. The molecule has 0 aromatic heterocycles. The van der Waals surface area contributed by atoms with Crippen LogP contribution >= 0.6 is 0 Å². The van der Waals surface area contributed by atoms with E-state index in [0.717, 1.165) is 44.9 Å². The van der Waals surface area contributed by atoms with Crippen molar-refractivity contribution in [3.63, 3.8) is 0 Å². The zero-order chi connectivity index (χ0) is 25.8. The van der Waals surface area contributed by atoms with E-state index in [1.54, 1.807) is 0 Å². The molecule has 4 saturated carbocycles. The lowest BCUT2D eigenvalue weighted by Crippen LogP contribution is -2.68. The quantitative estimate of drug-likeness (QED) is 0.402. The maximum atomic E-state index is 12.8. The van der Waals surface area contributed by atoms with Crippen LogP contribution in [0.3, 0.4) is 0 Å². The molecule has 0 bridgehead atoms. The third kappa shape index (κ3) is 2.90. The first-order valence-corrected chi connectivity index (χ1v) is 14.1. The second kappa shape index (κ2) is 7.57. The molecule has 35 heavy (non-hydrogen) atoms. The van der Waals surface area contributed by atoms with Crippen molar-refractivity contribution >= 4 is 5.97 Å². The molecule has 198 valence electrons. The second-order valence-corrected chi connectivity index (χ2v) is 14.6. The normalized spacial score (nSPS) is 57.7. The number of carboxylic acids is 1. The summed E-state index contributed by atoms with van der Waals surface area (Å²) in [5.41, 5.74) is -1.35. The fourth-order valence-corrected chi connectivity index (χ4v) is 10.9. The zero-order valence-electron chi connectivity index (χ0n) is 22.7. The molecule has 5 nitrogen and oxygen atoms in total. The highest BCUT2D eigenvalue weighted by atomic mass is 16.4. The summed E-state index contributed by atoms with van der Waals surface area (Å²) in [6.45, 7) is 13.3. The van der Waals surface area contributed by atoms with Crippen molar-refractivity contribution in [2.75, 3.05) is 6.61 Å². The van der Waals surface area contributed by atoms with Crippen molar-refractivity contribution < 1.29 is 25.2 Å². The second-order valence-electron chi connectivity index (χ2n) is 14.6. The molecule has 4 N–H and O–H groups in total. The molecule has 0 aromatic carbocycles. The number of hydrogen-bond acceptors (Lipinski definition) is 4. The zero-order valence-corrected chi connectivity index (χ0v) is 22.7. The van der Waals surface area contributed by atoms with Crippen LogP contribution in [0.4, 0.5) is 0 Å². The van der Waals surface area contributed by atoms with Gasteiger partial charge in [-0.25, -0.2) is 0 Å². The molecule has 0 heterocycles. The van der Waals surface area contributed by atoms with Gasteiger partial charge in [0.15, 0.2) is 0 Å². The summed E-state index contributed by atoms with van der Waals surface area (Å²) in [5, 5.41) is 43.8. The topological polar surface area (TPSA) is 98.0 Å². The van der Waals surface area contributed by atoms with Crippen LogP contribution in [0.25, 0.3) is 0 Å². The number of aliphatic carboxylic acids is 1. The number of allylic oxidation sites excluding steroid dienone is 1. The standard InChI is InChI=1S/C30H48O5/c1-18-9-14-30(24(33)34)16-15-27(4)19(23(30)29(18,6)35)7-8-21-25(2)12-11-22(32)26(3,17-31)20(25)10-13-28(21,27)5/h7,18,20-23,31-32,35H,8-17H2,1-6H3,(H,33,34)/t18-,20-,21-,22+,23?,25+,26+,27-,28-,29-,30+/m1/s1. The SMILES string of the molecule is C[C@@H]1CC[C@]2(C(=O)O)CC[C@]3(C)C(=CC[C@@H]4[C@@]5(C)CC[C@H](O)[C@@](C)(CO)[C@@H]5CC[C@]43C)C2[C@]1(C)O. The number of rotatable bonds is 2. The van der Waals surface area contributed by atoms with Crippen LogP contribution in [-0.2, 0) is 4.79 Å². The van der Waals surface area contributed by atoms with Crippen molar-refractivity contribution in [2.45, 2.75) is 111 Å². The fraction of sp³-hybridized carbons (Fsp3) is 0.900. The van der Waals surface area contributed by atoms with E-state index in [1.807, 2.05) is 6.92 Å².